The van der Waals surface area contributed by atoms with Crippen LogP contribution in [-0.4, -0.2) is 16.7 Å². The van der Waals surface area contributed by atoms with Crippen LogP contribution < -0.4 is 5.73 Å². The topological polar surface area (TPSA) is 54.7 Å². The molecule has 0 fully saturated rings. The first-order valence-corrected chi connectivity index (χ1v) is 3.53. The van der Waals surface area contributed by atoms with Crippen molar-refractivity contribution in [1.29, 1.82) is 0 Å². The summed E-state index contributed by atoms with van der Waals surface area (Å²) in [5, 5.41) is 6.64. The molecule has 0 bridgehead atoms. The lowest BCUT2D eigenvalue weighted by atomic mass is 10.0. The van der Waals surface area contributed by atoms with Crippen molar-refractivity contribution in [1.82, 2.24) is 10.2 Å². The number of hydrogen-bond acceptors (Lipinski definition) is 2. The molecule has 1 heterocycles. The van der Waals surface area contributed by atoms with Crippen LogP contribution in [0.25, 0.3) is 0 Å². The molecule has 10 heavy (non-hydrogen) atoms. The van der Waals surface area contributed by atoms with E-state index in [1.165, 1.54) is 5.56 Å². The molecular weight excluding hydrogens is 126 g/mol. The van der Waals surface area contributed by atoms with Gasteiger partial charge in [0.1, 0.15) is 0 Å². The SMILES string of the molecule is CC(CCN)c1cn[nH]c1. The van der Waals surface area contributed by atoms with Gasteiger partial charge in [-0.15, -0.1) is 0 Å². The van der Waals surface area contributed by atoms with Gasteiger partial charge in [-0.1, -0.05) is 6.92 Å². The predicted molar refractivity (Wildman–Crippen MR) is 40.7 cm³/mol. The summed E-state index contributed by atoms with van der Waals surface area (Å²) in [7, 11) is 0. The monoisotopic (exact) mass is 139 g/mol. The van der Waals surface area contributed by atoms with Crippen LogP contribution >= 0.6 is 0 Å². The summed E-state index contributed by atoms with van der Waals surface area (Å²) in [6, 6.07) is 0. The number of nitrogens with two attached hydrogens (primary N) is 1. The highest BCUT2D eigenvalue weighted by molar-refractivity contribution is 5.08. The second kappa shape index (κ2) is 3.37. The molecule has 0 amide bonds. The molecule has 0 aliphatic heterocycles. The third-order valence-electron chi connectivity index (χ3n) is 1.69. The minimum atomic E-state index is 0.531. The van der Waals surface area contributed by atoms with E-state index >= 15 is 0 Å². The van der Waals surface area contributed by atoms with E-state index in [9.17, 15) is 0 Å². The van der Waals surface area contributed by atoms with Gasteiger partial charge in [0, 0.05) is 6.20 Å². The smallest absolute Gasteiger partial charge is 0.0521 e. The largest absolute Gasteiger partial charge is 0.330 e. The van der Waals surface area contributed by atoms with Gasteiger partial charge in [-0.05, 0) is 24.4 Å². The van der Waals surface area contributed by atoms with Crippen molar-refractivity contribution in [3.05, 3.63) is 18.0 Å². The minimum Gasteiger partial charge on any atom is -0.330 e. The number of nitrogens with one attached hydrogen (secondary N) is 1. The summed E-state index contributed by atoms with van der Waals surface area (Å²) in [4.78, 5) is 0. The number of rotatable bonds is 3. The van der Waals surface area contributed by atoms with Crippen molar-refractivity contribution in [2.45, 2.75) is 19.3 Å². The summed E-state index contributed by atoms with van der Waals surface area (Å²) in [5.74, 6) is 0.531. The Kier molecular flexibility index (Phi) is 2.45. The molecule has 0 saturated carbocycles. The number of aromatic nitrogens is 2. The van der Waals surface area contributed by atoms with Crippen LogP contribution in [0, 0.1) is 0 Å². The zero-order valence-electron chi connectivity index (χ0n) is 6.17. The number of aromatic amines is 1. The van der Waals surface area contributed by atoms with Crippen LogP contribution in [0.5, 0.6) is 0 Å². The van der Waals surface area contributed by atoms with Crippen molar-refractivity contribution < 1.29 is 0 Å². The molecule has 0 radical (unpaired) electrons. The van der Waals surface area contributed by atoms with Crippen molar-refractivity contribution in [2.75, 3.05) is 6.54 Å². The quantitative estimate of drug-likeness (QED) is 0.652. The van der Waals surface area contributed by atoms with Gasteiger partial charge in [-0.25, -0.2) is 0 Å². The van der Waals surface area contributed by atoms with Crippen LogP contribution in [-0.2, 0) is 0 Å². The summed E-state index contributed by atoms with van der Waals surface area (Å²) >= 11 is 0. The Morgan fingerprint density at radius 2 is 2.60 bits per heavy atom. The fourth-order valence-corrected chi connectivity index (χ4v) is 0.947. The molecule has 3 nitrogen and oxygen atoms in total. The molecule has 3 N–H and O–H groups in total. The summed E-state index contributed by atoms with van der Waals surface area (Å²) in [5.41, 5.74) is 6.65. The van der Waals surface area contributed by atoms with E-state index in [1.807, 2.05) is 12.4 Å². The summed E-state index contributed by atoms with van der Waals surface area (Å²) in [6.07, 6.45) is 4.79. The zero-order valence-corrected chi connectivity index (χ0v) is 6.17. The third-order valence-corrected chi connectivity index (χ3v) is 1.69. The fourth-order valence-electron chi connectivity index (χ4n) is 0.947. The van der Waals surface area contributed by atoms with Gasteiger partial charge in [-0.2, -0.15) is 5.10 Å². The number of nitrogens with zero attached hydrogens (tertiary/aromatic N) is 1. The molecule has 1 atom stereocenters. The van der Waals surface area contributed by atoms with Crippen molar-refractivity contribution in [3.63, 3.8) is 0 Å². The Labute approximate surface area is 60.6 Å². The molecule has 0 aliphatic carbocycles. The lowest BCUT2D eigenvalue weighted by Crippen LogP contribution is -2.03. The van der Waals surface area contributed by atoms with E-state index in [0.717, 1.165) is 13.0 Å². The zero-order chi connectivity index (χ0) is 7.40. The first-order valence-electron chi connectivity index (χ1n) is 3.53. The molecule has 0 saturated heterocycles. The molecule has 0 aromatic carbocycles. The predicted octanol–water partition coefficient (Wildman–Crippen LogP) is 0.862. The molecule has 1 rings (SSSR count). The molecule has 1 aromatic heterocycles. The highest BCUT2D eigenvalue weighted by Gasteiger charge is 2.03. The van der Waals surface area contributed by atoms with E-state index in [4.69, 9.17) is 5.73 Å². The molecule has 56 valence electrons. The third kappa shape index (κ3) is 1.57. The van der Waals surface area contributed by atoms with Crippen LogP contribution in [0.15, 0.2) is 12.4 Å². The second-order valence-corrected chi connectivity index (χ2v) is 2.51. The molecule has 3 heteroatoms. The molecular formula is C7H13N3. The Bertz CT molecular complexity index is 169. The maximum atomic E-state index is 5.40. The average molecular weight is 139 g/mol. The average Bonchev–Trinajstić information content (AvgIpc) is 2.38. The van der Waals surface area contributed by atoms with E-state index in [-0.39, 0.29) is 0 Å². The van der Waals surface area contributed by atoms with E-state index in [2.05, 4.69) is 17.1 Å². The molecule has 0 spiro atoms. The van der Waals surface area contributed by atoms with Crippen LogP contribution in [0.3, 0.4) is 0 Å². The summed E-state index contributed by atoms with van der Waals surface area (Å²) in [6.45, 7) is 2.89. The van der Waals surface area contributed by atoms with Gasteiger partial charge in [-0.3, -0.25) is 5.10 Å². The van der Waals surface area contributed by atoms with Gasteiger partial charge in [0.05, 0.1) is 6.20 Å². The fraction of sp³-hybridized carbons (Fsp3) is 0.571. The van der Waals surface area contributed by atoms with Gasteiger partial charge in [0.15, 0.2) is 0 Å². The lowest BCUT2D eigenvalue weighted by Gasteiger charge is -2.04. The van der Waals surface area contributed by atoms with Crippen molar-refractivity contribution in [2.24, 2.45) is 5.73 Å². The van der Waals surface area contributed by atoms with E-state index in [1.54, 1.807) is 0 Å². The Balaban J connectivity index is 2.50. The van der Waals surface area contributed by atoms with Crippen LogP contribution in [0.1, 0.15) is 24.8 Å². The first kappa shape index (κ1) is 7.28. The van der Waals surface area contributed by atoms with E-state index in [0.29, 0.717) is 5.92 Å². The van der Waals surface area contributed by atoms with Crippen molar-refractivity contribution in [3.8, 4) is 0 Å². The molecule has 1 aromatic rings. The maximum Gasteiger partial charge on any atom is 0.0521 e. The van der Waals surface area contributed by atoms with Crippen molar-refractivity contribution >= 4 is 0 Å². The molecule has 0 aliphatic rings. The van der Waals surface area contributed by atoms with Gasteiger partial charge >= 0.3 is 0 Å². The number of hydrogen-bond donors (Lipinski definition) is 2. The first-order chi connectivity index (χ1) is 4.84. The van der Waals surface area contributed by atoms with E-state index < -0.39 is 0 Å². The Morgan fingerprint density at radius 1 is 1.80 bits per heavy atom. The van der Waals surface area contributed by atoms with Gasteiger partial charge in [0.25, 0.3) is 0 Å². The lowest BCUT2D eigenvalue weighted by molar-refractivity contribution is 0.690. The standard InChI is InChI=1S/C7H13N3/c1-6(2-3-8)7-4-9-10-5-7/h4-6H,2-3,8H2,1H3,(H,9,10). The summed E-state index contributed by atoms with van der Waals surface area (Å²) < 4.78 is 0. The van der Waals surface area contributed by atoms with Gasteiger partial charge < -0.3 is 5.73 Å². The number of H-pyrrole nitrogens is 1. The second-order valence-electron chi connectivity index (χ2n) is 2.51. The maximum absolute atomic E-state index is 5.40. The minimum absolute atomic E-state index is 0.531. The van der Waals surface area contributed by atoms with Gasteiger partial charge in [0.2, 0.25) is 0 Å². The van der Waals surface area contributed by atoms with Crippen LogP contribution in [0.2, 0.25) is 0 Å². The molecule has 1 unspecified atom stereocenters. The van der Waals surface area contributed by atoms with Crippen LogP contribution in [0.4, 0.5) is 0 Å². The highest BCUT2D eigenvalue weighted by Crippen LogP contribution is 2.15. The Hall–Kier alpha value is -0.830. The highest BCUT2D eigenvalue weighted by atomic mass is 15.1. The Morgan fingerprint density at radius 3 is 3.10 bits per heavy atom. The normalized spacial score (nSPS) is 13.4.